The molecule has 0 unspecified atom stereocenters. The van der Waals surface area contributed by atoms with Crippen molar-refractivity contribution in [2.24, 2.45) is 0 Å². The highest BCUT2D eigenvalue weighted by molar-refractivity contribution is 6.39. The number of ether oxygens (including phenoxy) is 2. The number of halogens is 2. The van der Waals surface area contributed by atoms with Gasteiger partial charge in [0.1, 0.15) is 5.52 Å². The van der Waals surface area contributed by atoms with Crippen LogP contribution in [0.1, 0.15) is 18.2 Å². The largest absolute Gasteiger partial charge is 0.504 e. The number of rotatable bonds is 5. The number of phenols is 1. The number of aromatic nitrogens is 1. The third-order valence-electron chi connectivity index (χ3n) is 3.81. The second-order valence-corrected chi connectivity index (χ2v) is 6.31. The van der Waals surface area contributed by atoms with Crippen molar-refractivity contribution in [2.45, 2.75) is 6.92 Å². The van der Waals surface area contributed by atoms with Gasteiger partial charge in [-0.05, 0) is 48.9 Å². The third-order valence-corrected chi connectivity index (χ3v) is 4.41. The second-order valence-electron chi connectivity index (χ2n) is 5.50. The Morgan fingerprint density at radius 1 is 1.04 bits per heavy atom. The smallest absolute Gasteiger partial charge is 0.161 e. The summed E-state index contributed by atoms with van der Waals surface area (Å²) >= 11 is 12.1. The fourth-order valence-electron chi connectivity index (χ4n) is 2.55. The minimum Gasteiger partial charge on any atom is -0.504 e. The van der Waals surface area contributed by atoms with E-state index in [9.17, 15) is 5.11 Å². The number of benzene rings is 2. The SMILES string of the molecule is CCOc1ccc(C=Cc2ccc3c(Cl)cc(Cl)c(O)c3n2)cc1OC. The molecule has 0 atom stereocenters. The van der Waals surface area contributed by atoms with Gasteiger partial charge in [-0.1, -0.05) is 35.3 Å². The van der Waals surface area contributed by atoms with E-state index >= 15 is 0 Å². The number of hydrogen-bond acceptors (Lipinski definition) is 4. The van der Waals surface area contributed by atoms with Crippen LogP contribution in [0.5, 0.6) is 17.2 Å². The molecule has 0 saturated heterocycles. The van der Waals surface area contributed by atoms with Crippen LogP contribution < -0.4 is 9.47 Å². The van der Waals surface area contributed by atoms with Crippen LogP contribution in [-0.2, 0) is 0 Å². The summed E-state index contributed by atoms with van der Waals surface area (Å²) in [5, 5.41) is 11.4. The molecule has 1 heterocycles. The number of pyridine rings is 1. The molecule has 4 nitrogen and oxygen atoms in total. The standard InChI is InChI=1S/C20H17Cl2NO3/c1-3-26-17-9-5-12(10-18(17)25-2)4-6-13-7-8-14-15(21)11-16(22)20(24)19(14)23-13/h4-11,24H,3H2,1-2H3. The van der Waals surface area contributed by atoms with Gasteiger partial charge >= 0.3 is 0 Å². The highest BCUT2D eigenvalue weighted by Crippen LogP contribution is 2.36. The molecule has 1 N–H and O–H groups in total. The normalized spacial score (nSPS) is 11.2. The molecule has 2 aromatic carbocycles. The summed E-state index contributed by atoms with van der Waals surface area (Å²) < 4.78 is 10.9. The zero-order valence-electron chi connectivity index (χ0n) is 14.3. The molecule has 6 heteroatoms. The van der Waals surface area contributed by atoms with Gasteiger partial charge in [0, 0.05) is 5.39 Å². The fraction of sp³-hybridized carbons (Fsp3) is 0.150. The maximum Gasteiger partial charge on any atom is 0.161 e. The van der Waals surface area contributed by atoms with Crippen LogP contribution in [0.4, 0.5) is 0 Å². The maximum atomic E-state index is 10.1. The molecule has 134 valence electrons. The van der Waals surface area contributed by atoms with Crippen LogP contribution in [0.15, 0.2) is 36.4 Å². The van der Waals surface area contributed by atoms with E-state index in [1.165, 1.54) is 6.07 Å². The van der Waals surface area contributed by atoms with E-state index in [0.29, 0.717) is 39.7 Å². The van der Waals surface area contributed by atoms with E-state index in [2.05, 4.69) is 4.98 Å². The van der Waals surface area contributed by atoms with Crippen molar-refractivity contribution in [3.05, 3.63) is 57.7 Å². The zero-order chi connectivity index (χ0) is 18.7. The van der Waals surface area contributed by atoms with E-state index in [4.69, 9.17) is 32.7 Å². The topological polar surface area (TPSA) is 51.6 Å². The van der Waals surface area contributed by atoms with Gasteiger partial charge in [-0.2, -0.15) is 0 Å². The predicted molar refractivity (Wildman–Crippen MR) is 107 cm³/mol. The molecule has 0 bridgehead atoms. The monoisotopic (exact) mass is 389 g/mol. The first-order chi connectivity index (χ1) is 12.5. The zero-order valence-corrected chi connectivity index (χ0v) is 15.8. The number of hydrogen-bond donors (Lipinski definition) is 1. The Bertz CT molecular complexity index is 986. The summed E-state index contributed by atoms with van der Waals surface area (Å²) in [6.07, 6.45) is 3.73. The lowest BCUT2D eigenvalue weighted by molar-refractivity contribution is 0.311. The summed E-state index contributed by atoms with van der Waals surface area (Å²) in [5.41, 5.74) is 1.97. The third kappa shape index (κ3) is 3.71. The van der Waals surface area contributed by atoms with Gasteiger partial charge < -0.3 is 14.6 Å². The van der Waals surface area contributed by atoms with Gasteiger partial charge in [0.25, 0.3) is 0 Å². The molecule has 26 heavy (non-hydrogen) atoms. The van der Waals surface area contributed by atoms with Crippen molar-refractivity contribution in [3.63, 3.8) is 0 Å². The van der Waals surface area contributed by atoms with Gasteiger partial charge in [-0.3, -0.25) is 0 Å². The first kappa shape index (κ1) is 18.4. The second kappa shape index (κ2) is 7.85. The Labute approximate surface area is 161 Å². The molecule has 0 amide bonds. The highest BCUT2D eigenvalue weighted by Gasteiger charge is 2.10. The first-order valence-electron chi connectivity index (χ1n) is 8.00. The van der Waals surface area contributed by atoms with Crippen molar-refractivity contribution in [1.29, 1.82) is 0 Å². The molecule has 3 aromatic rings. The molecule has 3 rings (SSSR count). The van der Waals surface area contributed by atoms with E-state index < -0.39 is 0 Å². The lowest BCUT2D eigenvalue weighted by Gasteiger charge is -2.09. The summed E-state index contributed by atoms with van der Waals surface area (Å²) in [5.74, 6) is 1.28. The predicted octanol–water partition coefficient (Wildman–Crippen LogP) is 5.82. The molecule has 0 aliphatic rings. The van der Waals surface area contributed by atoms with Crippen molar-refractivity contribution in [3.8, 4) is 17.2 Å². The van der Waals surface area contributed by atoms with E-state index in [-0.39, 0.29) is 10.8 Å². The van der Waals surface area contributed by atoms with Gasteiger partial charge in [-0.15, -0.1) is 0 Å². The highest BCUT2D eigenvalue weighted by atomic mass is 35.5. The molecule has 1 aromatic heterocycles. The van der Waals surface area contributed by atoms with Crippen LogP contribution in [0.25, 0.3) is 23.1 Å². The van der Waals surface area contributed by atoms with Crippen LogP contribution in [0, 0.1) is 0 Å². The van der Waals surface area contributed by atoms with Gasteiger partial charge in [-0.25, -0.2) is 4.98 Å². The number of aromatic hydroxyl groups is 1. The van der Waals surface area contributed by atoms with Crippen LogP contribution in [-0.4, -0.2) is 23.8 Å². The average Bonchev–Trinajstić information content (AvgIpc) is 2.65. The molecule has 0 fully saturated rings. The van der Waals surface area contributed by atoms with Crippen LogP contribution >= 0.6 is 23.2 Å². The summed E-state index contributed by atoms with van der Waals surface area (Å²) in [7, 11) is 1.60. The minimum atomic E-state index is -0.0796. The number of methoxy groups -OCH3 is 1. The molecular weight excluding hydrogens is 373 g/mol. The molecular formula is C20H17Cl2NO3. The Hall–Kier alpha value is -2.43. The Morgan fingerprint density at radius 3 is 2.58 bits per heavy atom. The summed E-state index contributed by atoms with van der Waals surface area (Å²) in [6.45, 7) is 2.49. The molecule has 0 aliphatic heterocycles. The first-order valence-corrected chi connectivity index (χ1v) is 8.75. The fourth-order valence-corrected chi connectivity index (χ4v) is 3.07. The van der Waals surface area contributed by atoms with Gasteiger partial charge in [0.2, 0.25) is 0 Å². The van der Waals surface area contributed by atoms with Crippen molar-refractivity contribution in [1.82, 2.24) is 4.98 Å². The average molecular weight is 390 g/mol. The van der Waals surface area contributed by atoms with Gasteiger partial charge in [0.05, 0.1) is 29.5 Å². The van der Waals surface area contributed by atoms with Gasteiger partial charge in [0.15, 0.2) is 17.2 Å². The quantitative estimate of drug-likeness (QED) is 0.596. The van der Waals surface area contributed by atoms with Crippen molar-refractivity contribution >= 4 is 46.3 Å². The molecule has 0 saturated carbocycles. The lowest BCUT2D eigenvalue weighted by atomic mass is 10.1. The Kier molecular flexibility index (Phi) is 5.55. The lowest BCUT2D eigenvalue weighted by Crippen LogP contribution is -1.95. The molecule has 0 spiro atoms. The van der Waals surface area contributed by atoms with Crippen LogP contribution in [0.3, 0.4) is 0 Å². The number of fused-ring (bicyclic) bond motifs is 1. The molecule has 0 radical (unpaired) electrons. The van der Waals surface area contributed by atoms with Crippen molar-refractivity contribution in [2.75, 3.05) is 13.7 Å². The Balaban J connectivity index is 1.94. The summed E-state index contributed by atoms with van der Waals surface area (Å²) in [6, 6.07) is 10.8. The van der Waals surface area contributed by atoms with E-state index in [0.717, 1.165) is 5.56 Å². The van der Waals surface area contributed by atoms with Crippen LogP contribution in [0.2, 0.25) is 10.0 Å². The maximum absolute atomic E-state index is 10.1. The summed E-state index contributed by atoms with van der Waals surface area (Å²) in [4.78, 5) is 4.44. The number of phenolic OH excluding ortho intramolecular Hbond substituents is 1. The van der Waals surface area contributed by atoms with E-state index in [1.54, 1.807) is 13.2 Å². The number of nitrogens with zero attached hydrogens (tertiary/aromatic N) is 1. The van der Waals surface area contributed by atoms with Crippen molar-refractivity contribution < 1.29 is 14.6 Å². The minimum absolute atomic E-state index is 0.0796. The van der Waals surface area contributed by atoms with E-state index in [1.807, 2.05) is 43.3 Å². The molecule has 0 aliphatic carbocycles. The Morgan fingerprint density at radius 2 is 1.85 bits per heavy atom.